The van der Waals surface area contributed by atoms with Crippen molar-refractivity contribution in [3.05, 3.63) is 89.5 Å². The van der Waals surface area contributed by atoms with Gasteiger partial charge in [-0.3, -0.25) is 0 Å². The van der Waals surface area contributed by atoms with Crippen LogP contribution in [-0.2, 0) is 26.2 Å². The summed E-state index contributed by atoms with van der Waals surface area (Å²) in [6.45, 7) is 11.8. The Morgan fingerprint density at radius 2 is 1.50 bits per heavy atom. The third-order valence-electron chi connectivity index (χ3n) is 7.01. The minimum absolute atomic E-state index is 0.00176. The van der Waals surface area contributed by atoms with Crippen LogP contribution in [0.4, 0.5) is 20.2 Å². The van der Waals surface area contributed by atoms with E-state index >= 15 is 0 Å². The molecule has 0 bridgehead atoms. The number of hydrogen-bond donors (Lipinski definition) is 2. The van der Waals surface area contributed by atoms with E-state index in [4.69, 9.17) is 29.8 Å². The molecule has 0 atom stereocenters. The Hall–Kier alpha value is -3.68. The molecule has 7 nitrogen and oxygen atoms in total. The highest BCUT2D eigenvalue weighted by atomic mass is 28.4. The van der Waals surface area contributed by atoms with E-state index < -0.39 is 28.7 Å². The van der Waals surface area contributed by atoms with Gasteiger partial charge in [-0.1, -0.05) is 18.2 Å². The number of benzene rings is 3. The van der Waals surface area contributed by atoms with Crippen molar-refractivity contribution in [2.24, 2.45) is 0 Å². The highest BCUT2D eigenvalue weighted by Crippen LogP contribution is 2.33. The first-order chi connectivity index (χ1) is 21.6. The van der Waals surface area contributed by atoms with E-state index in [-0.39, 0.29) is 11.3 Å². The molecule has 4 N–H and O–H groups in total. The molecule has 3 rings (SSSR count). The van der Waals surface area contributed by atoms with Crippen LogP contribution in [0.1, 0.15) is 42.4 Å². The van der Waals surface area contributed by atoms with Crippen LogP contribution in [-0.4, -0.2) is 35.8 Å². The summed E-state index contributed by atoms with van der Waals surface area (Å²) in [5.74, 6) is 0.0571. The largest absolute Gasteiger partial charge is 0.494 e. The minimum Gasteiger partial charge on any atom is -0.494 e. The van der Waals surface area contributed by atoms with Crippen LogP contribution in [0, 0.1) is 0 Å². The number of carbonyl (C=O) groups is 1. The molecule has 0 unspecified atom stereocenters. The van der Waals surface area contributed by atoms with Gasteiger partial charge in [-0.2, -0.15) is 8.78 Å². The van der Waals surface area contributed by atoms with Gasteiger partial charge in [0, 0.05) is 17.5 Å². The fraction of sp³-hybridized carbons (Fsp3) is 0.400. The lowest BCUT2D eigenvalue weighted by molar-refractivity contribution is -0.185. The molecule has 0 saturated heterocycles. The number of unbranched alkanes of at least 4 members (excludes halogenated alkanes) is 2. The van der Waals surface area contributed by atoms with Crippen molar-refractivity contribution in [1.82, 2.24) is 0 Å². The van der Waals surface area contributed by atoms with E-state index in [1.807, 2.05) is 12.1 Å². The number of anilines is 2. The second kappa shape index (κ2) is 16.8. The maximum absolute atomic E-state index is 14.9. The number of hydrogen-bond acceptors (Lipinski definition) is 7. The number of nitrogens with two attached hydrogens (primary N) is 2. The smallest absolute Gasteiger partial charge is 0.426 e. The van der Waals surface area contributed by atoms with Gasteiger partial charge < -0.3 is 29.8 Å². The lowest BCUT2D eigenvalue weighted by atomic mass is 10.0. The average Bonchev–Trinajstić information content (AvgIpc) is 2.96. The van der Waals surface area contributed by atoms with Gasteiger partial charge in [-0.15, -0.1) is 0 Å². The molecule has 0 amide bonds. The summed E-state index contributed by atoms with van der Waals surface area (Å²) in [6.07, 6.45) is 3.57. The molecular formula is C35H48F2N2O5Si2. The van der Waals surface area contributed by atoms with E-state index in [1.54, 1.807) is 24.3 Å². The first kappa shape index (κ1) is 36.8. The monoisotopic (exact) mass is 670 g/mol. The third-order valence-corrected chi connectivity index (χ3v) is 13.2. The molecule has 46 heavy (non-hydrogen) atoms. The van der Waals surface area contributed by atoms with Gasteiger partial charge in [-0.25, -0.2) is 4.79 Å². The molecule has 0 saturated carbocycles. The third kappa shape index (κ3) is 13.4. The summed E-state index contributed by atoms with van der Waals surface area (Å²) in [7, 11) is -3.33. The summed E-state index contributed by atoms with van der Waals surface area (Å²) >= 11 is 0. The van der Waals surface area contributed by atoms with Crippen LogP contribution < -0.4 is 20.9 Å². The fourth-order valence-electron chi connectivity index (χ4n) is 4.99. The van der Waals surface area contributed by atoms with E-state index in [1.165, 1.54) is 42.5 Å². The van der Waals surface area contributed by atoms with E-state index in [0.717, 1.165) is 43.7 Å². The topological polar surface area (TPSA) is 106 Å². The summed E-state index contributed by atoms with van der Waals surface area (Å²) < 4.78 is 52.1. The Morgan fingerprint density at radius 3 is 2.15 bits per heavy atom. The molecular weight excluding hydrogens is 623 g/mol. The van der Waals surface area contributed by atoms with Crippen LogP contribution >= 0.6 is 0 Å². The van der Waals surface area contributed by atoms with Crippen LogP contribution in [0.25, 0.3) is 6.08 Å². The Labute approximate surface area is 274 Å². The molecule has 3 aromatic carbocycles. The SMILES string of the molecule is C[Si](C)(C)O[Si](C)(C)CCCOc1ccc(C(F)(F)Oc2ccc(/C=C/C(=O)OCCCCCc3ccc(N)cc3N)cc2)cc1. The van der Waals surface area contributed by atoms with Gasteiger partial charge in [0.25, 0.3) is 0 Å². The number of aryl methyl sites for hydroxylation is 1. The highest BCUT2D eigenvalue weighted by Gasteiger charge is 2.34. The van der Waals surface area contributed by atoms with Crippen molar-refractivity contribution >= 4 is 40.1 Å². The van der Waals surface area contributed by atoms with Crippen LogP contribution in [0.15, 0.2) is 72.8 Å². The number of esters is 1. The van der Waals surface area contributed by atoms with Gasteiger partial charge in [-0.05, 0) is 137 Å². The number of rotatable bonds is 18. The molecule has 0 fully saturated rings. The Bertz CT molecular complexity index is 1430. The van der Waals surface area contributed by atoms with Gasteiger partial charge in [0.2, 0.25) is 0 Å². The van der Waals surface area contributed by atoms with Crippen molar-refractivity contribution in [3.63, 3.8) is 0 Å². The quantitative estimate of drug-likeness (QED) is 0.0458. The first-order valence-corrected chi connectivity index (χ1v) is 22.2. The zero-order chi connectivity index (χ0) is 33.8. The zero-order valence-electron chi connectivity index (χ0n) is 27.6. The average molecular weight is 671 g/mol. The summed E-state index contributed by atoms with van der Waals surface area (Å²) in [5.41, 5.74) is 14.5. The van der Waals surface area contributed by atoms with Crippen molar-refractivity contribution in [3.8, 4) is 11.5 Å². The number of halogens is 2. The maximum Gasteiger partial charge on any atom is 0.426 e. The molecule has 11 heteroatoms. The highest BCUT2D eigenvalue weighted by molar-refractivity contribution is 6.84. The first-order valence-electron chi connectivity index (χ1n) is 15.7. The maximum atomic E-state index is 14.9. The lowest BCUT2D eigenvalue weighted by Crippen LogP contribution is -2.42. The Balaban J connectivity index is 1.37. The Morgan fingerprint density at radius 1 is 0.826 bits per heavy atom. The van der Waals surface area contributed by atoms with Crippen LogP contribution in [0.2, 0.25) is 38.8 Å². The summed E-state index contributed by atoms with van der Waals surface area (Å²) in [4.78, 5) is 12.1. The van der Waals surface area contributed by atoms with Crippen LogP contribution in [0.5, 0.6) is 11.5 Å². The molecule has 0 heterocycles. The number of alkyl halides is 2. The van der Waals surface area contributed by atoms with Gasteiger partial charge >= 0.3 is 12.1 Å². The zero-order valence-corrected chi connectivity index (χ0v) is 29.6. The normalized spacial score (nSPS) is 12.3. The molecule has 0 radical (unpaired) electrons. The standard InChI is InChI=1S/C35H48F2N2O5Si2/c1-45(2,3)44-46(4,5)25-9-24-41-31-20-15-29(16-21-31)35(36,37)43-32-18-11-27(12-19-32)13-22-34(40)42-23-8-6-7-10-28-14-17-30(38)26-33(28)39/h11-22,26H,6-10,23-25,38-39H2,1-5H3/b22-13+. The van der Waals surface area contributed by atoms with Crippen molar-refractivity contribution in [2.45, 2.75) is 77.0 Å². The van der Waals surface area contributed by atoms with Crippen molar-refractivity contribution in [2.75, 3.05) is 24.7 Å². The van der Waals surface area contributed by atoms with Crippen molar-refractivity contribution in [1.29, 1.82) is 0 Å². The molecule has 0 aliphatic carbocycles. The second-order valence-electron chi connectivity index (χ2n) is 12.9. The van der Waals surface area contributed by atoms with E-state index in [0.29, 0.717) is 35.9 Å². The van der Waals surface area contributed by atoms with Gasteiger partial charge in [0.05, 0.1) is 18.8 Å². The summed E-state index contributed by atoms with van der Waals surface area (Å²) in [6, 6.07) is 18.2. The second-order valence-corrected chi connectivity index (χ2v) is 22.0. The molecule has 0 spiro atoms. The molecule has 0 aliphatic heterocycles. The van der Waals surface area contributed by atoms with Crippen molar-refractivity contribution < 1.29 is 31.9 Å². The number of carbonyl (C=O) groups excluding carboxylic acids is 1. The Kier molecular flexibility index (Phi) is 13.4. The lowest BCUT2D eigenvalue weighted by Gasteiger charge is -2.31. The van der Waals surface area contributed by atoms with Gasteiger partial charge in [0.15, 0.2) is 16.6 Å². The molecule has 250 valence electrons. The van der Waals surface area contributed by atoms with E-state index in [2.05, 4.69) is 32.7 Å². The van der Waals surface area contributed by atoms with E-state index in [9.17, 15) is 13.6 Å². The van der Waals surface area contributed by atoms with Crippen LogP contribution in [0.3, 0.4) is 0 Å². The predicted molar refractivity (Wildman–Crippen MR) is 187 cm³/mol. The molecule has 0 aromatic heterocycles. The number of ether oxygens (including phenoxy) is 3. The fourth-order valence-corrected chi connectivity index (χ4v) is 13.0. The predicted octanol–water partition coefficient (Wildman–Crippen LogP) is 8.77. The molecule has 3 aromatic rings. The molecule has 0 aliphatic rings. The minimum atomic E-state index is -3.54. The summed E-state index contributed by atoms with van der Waals surface area (Å²) in [5, 5.41) is 0. The van der Waals surface area contributed by atoms with Gasteiger partial charge in [0.1, 0.15) is 11.5 Å². The number of nitrogen functional groups attached to an aromatic ring is 2.